The highest BCUT2D eigenvalue weighted by Gasteiger charge is 2.35. The van der Waals surface area contributed by atoms with E-state index in [0.29, 0.717) is 10.6 Å². The molecule has 1 N–H and O–H groups in total. The van der Waals surface area contributed by atoms with Crippen LogP contribution >= 0.6 is 22.9 Å². The fraction of sp³-hybridized carbons (Fsp3) is 0.120. The Morgan fingerprint density at radius 3 is 2.34 bits per heavy atom. The Bertz CT molecular complexity index is 1380. The molecule has 35 heavy (non-hydrogen) atoms. The standard InChI is InChI=1S/C25H17ClF3N3O2S/c26-17-5-1-2-6-18(17)31-20(13-22(30)25(27,28)29)15-9-11-16(12-10-15)24(33)34-14-23-32-19-7-3-4-8-21(19)35-23/h1-12,30H,13-14H2. The predicted octanol–water partition coefficient (Wildman–Crippen LogP) is 7.40. The Balaban J connectivity index is 1.52. The Hall–Kier alpha value is -3.56. The highest BCUT2D eigenvalue weighted by Crippen LogP contribution is 2.27. The average Bonchev–Trinajstić information content (AvgIpc) is 3.26. The fourth-order valence-corrected chi connectivity index (χ4v) is 4.21. The van der Waals surface area contributed by atoms with E-state index in [1.165, 1.54) is 35.6 Å². The van der Waals surface area contributed by atoms with E-state index in [1.807, 2.05) is 24.3 Å². The second-order valence-electron chi connectivity index (χ2n) is 7.39. The van der Waals surface area contributed by atoms with E-state index < -0.39 is 24.3 Å². The van der Waals surface area contributed by atoms with E-state index in [9.17, 15) is 18.0 Å². The zero-order valence-corrected chi connectivity index (χ0v) is 19.5. The minimum Gasteiger partial charge on any atom is -0.455 e. The zero-order valence-electron chi connectivity index (χ0n) is 18.0. The molecule has 4 aromatic rings. The maximum atomic E-state index is 13.0. The molecule has 178 valence electrons. The van der Waals surface area contributed by atoms with Gasteiger partial charge < -0.3 is 10.1 Å². The minimum absolute atomic E-state index is 0.00188. The highest BCUT2D eigenvalue weighted by atomic mass is 35.5. The first-order chi connectivity index (χ1) is 16.7. The fourth-order valence-electron chi connectivity index (χ4n) is 3.15. The van der Waals surface area contributed by atoms with Crippen molar-refractivity contribution in [3.05, 3.63) is 94.0 Å². The van der Waals surface area contributed by atoms with Crippen molar-refractivity contribution < 1.29 is 22.7 Å². The molecule has 1 aromatic heterocycles. The molecule has 1 heterocycles. The van der Waals surface area contributed by atoms with Crippen molar-refractivity contribution in [2.24, 2.45) is 4.99 Å². The SMILES string of the molecule is N=C(CC(=Nc1ccccc1Cl)c1ccc(C(=O)OCc2nc3ccccc3s2)cc1)C(F)(F)F. The zero-order chi connectivity index (χ0) is 25.0. The van der Waals surface area contributed by atoms with Crippen LogP contribution in [0.5, 0.6) is 0 Å². The van der Waals surface area contributed by atoms with Gasteiger partial charge in [0, 0.05) is 6.42 Å². The third-order valence-corrected chi connectivity index (χ3v) is 6.24. The lowest BCUT2D eigenvalue weighted by Crippen LogP contribution is -2.25. The monoisotopic (exact) mass is 515 g/mol. The van der Waals surface area contributed by atoms with Crippen molar-refractivity contribution in [1.82, 2.24) is 4.98 Å². The number of halogens is 4. The number of ether oxygens (including phenoxy) is 1. The van der Waals surface area contributed by atoms with Crippen molar-refractivity contribution in [2.45, 2.75) is 19.2 Å². The van der Waals surface area contributed by atoms with Gasteiger partial charge in [-0.3, -0.25) is 4.99 Å². The summed E-state index contributed by atoms with van der Waals surface area (Å²) in [5.41, 5.74) is 0.193. The van der Waals surface area contributed by atoms with Crippen molar-refractivity contribution in [1.29, 1.82) is 5.41 Å². The largest absolute Gasteiger partial charge is 0.455 e. The Morgan fingerprint density at radius 2 is 1.66 bits per heavy atom. The van der Waals surface area contributed by atoms with E-state index in [1.54, 1.807) is 24.3 Å². The molecule has 0 aliphatic heterocycles. The highest BCUT2D eigenvalue weighted by molar-refractivity contribution is 7.18. The molecule has 0 unspecified atom stereocenters. The summed E-state index contributed by atoms with van der Waals surface area (Å²) in [6, 6.07) is 19.8. The van der Waals surface area contributed by atoms with Crippen LogP contribution in [0.25, 0.3) is 10.2 Å². The molecule has 3 aromatic carbocycles. The first-order valence-corrected chi connectivity index (χ1v) is 11.5. The maximum absolute atomic E-state index is 13.0. The second kappa shape index (κ2) is 10.4. The molecular weight excluding hydrogens is 499 g/mol. The lowest BCUT2D eigenvalue weighted by atomic mass is 10.0. The van der Waals surface area contributed by atoms with Crippen LogP contribution in [0.3, 0.4) is 0 Å². The van der Waals surface area contributed by atoms with Crippen LogP contribution in [-0.4, -0.2) is 28.6 Å². The summed E-state index contributed by atoms with van der Waals surface area (Å²) in [5.74, 6) is -0.594. The second-order valence-corrected chi connectivity index (χ2v) is 8.91. The average molecular weight is 516 g/mol. The number of aliphatic imine (C=N–C) groups is 1. The minimum atomic E-state index is -4.79. The molecule has 10 heteroatoms. The van der Waals surface area contributed by atoms with Crippen LogP contribution in [0, 0.1) is 5.41 Å². The summed E-state index contributed by atoms with van der Waals surface area (Å²) in [7, 11) is 0. The summed E-state index contributed by atoms with van der Waals surface area (Å²) in [6.07, 6.45) is -5.54. The third-order valence-electron chi connectivity index (χ3n) is 4.91. The van der Waals surface area contributed by atoms with Crippen molar-refractivity contribution in [3.8, 4) is 0 Å². The van der Waals surface area contributed by atoms with Gasteiger partial charge in [-0.1, -0.05) is 48.0 Å². The van der Waals surface area contributed by atoms with Crippen LogP contribution in [0.4, 0.5) is 18.9 Å². The smallest absolute Gasteiger partial charge is 0.429 e. The molecule has 0 radical (unpaired) electrons. The van der Waals surface area contributed by atoms with Gasteiger partial charge in [-0.05, 0) is 42.0 Å². The molecule has 0 fully saturated rings. The van der Waals surface area contributed by atoms with Gasteiger partial charge in [0.2, 0.25) is 0 Å². The number of nitrogens with one attached hydrogen (secondary N) is 1. The van der Waals surface area contributed by atoms with Gasteiger partial charge in [0.1, 0.15) is 17.3 Å². The predicted molar refractivity (Wildman–Crippen MR) is 131 cm³/mol. The molecule has 0 spiro atoms. The van der Waals surface area contributed by atoms with Crippen molar-refractivity contribution in [2.75, 3.05) is 0 Å². The molecular formula is C25H17ClF3N3O2S. The van der Waals surface area contributed by atoms with Crippen LogP contribution < -0.4 is 0 Å². The van der Waals surface area contributed by atoms with Gasteiger partial charge in [0.15, 0.2) is 0 Å². The topological polar surface area (TPSA) is 75.4 Å². The van der Waals surface area contributed by atoms with E-state index in [0.717, 1.165) is 10.2 Å². The molecule has 0 aliphatic rings. The Labute approximate surface area is 207 Å². The number of benzene rings is 3. The molecule has 0 amide bonds. The van der Waals surface area contributed by atoms with Gasteiger partial charge in [-0.15, -0.1) is 11.3 Å². The van der Waals surface area contributed by atoms with Crippen molar-refractivity contribution in [3.63, 3.8) is 0 Å². The lowest BCUT2D eigenvalue weighted by Gasteiger charge is -2.12. The Kier molecular flexibility index (Phi) is 7.28. The number of para-hydroxylation sites is 2. The molecule has 0 aliphatic carbocycles. The van der Waals surface area contributed by atoms with E-state index in [-0.39, 0.29) is 28.6 Å². The molecule has 0 saturated carbocycles. The number of hydrogen-bond acceptors (Lipinski definition) is 6. The first kappa shape index (κ1) is 24.6. The summed E-state index contributed by atoms with van der Waals surface area (Å²) in [4.78, 5) is 21.2. The Morgan fingerprint density at radius 1 is 1.00 bits per heavy atom. The van der Waals surface area contributed by atoms with Gasteiger partial charge in [0.25, 0.3) is 0 Å². The van der Waals surface area contributed by atoms with Crippen LogP contribution in [0.2, 0.25) is 5.02 Å². The van der Waals surface area contributed by atoms with Gasteiger partial charge in [-0.2, -0.15) is 13.2 Å². The lowest BCUT2D eigenvalue weighted by molar-refractivity contribution is -0.0605. The summed E-state index contributed by atoms with van der Waals surface area (Å²) >= 11 is 7.54. The normalized spacial score (nSPS) is 12.1. The van der Waals surface area contributed by atoms with Crippen molar-refractivity contribution >= 4 is 56.2 Å². The van der Waals surface area contributed by atoms with Gasteiger partial charge in [0.05, 0.1) is 32.2 Å². The molecule has 0 atom stereocenters. The number of aromatic nitrogens is 1. The first-order valence-electron chi connectivity index (χ1n) is 10.3. The van der Waals surface area contributed by atoms with E-state index in [2.05, 4.69) is 9.98 Å². The quantitative estimate of drug-likeness (QED) is 0.206. The number of hydrogen-bond donors (Lipinski definition) is 1. The number of carbonyl (C=O) groups excluding carboxylic acids is 1. The molecule has 0 bridgehead atoms. The number of rotatable bonds is 7. The molecule has 4 rings (SSSR count). The van der Waals surface area contributed by atoms with Gasteiger partial charge in [-0.25, -0.2) is 9.78 Å². The number of alkyl halides is 3. The number of esters is 1. The molecule has 5 nitrogen and oxygen atoms in total. The maximum Gasteiger partial charge on any atom is 0.429 e. The van der Waals surface area contributed by atoms with Crippen LogP contribution in [0.15, 0.2) is 77.8 Å². The number of carbonyl (C=O) groups is 1. The molecule has 0 saturated heterocycles. The van der Waals surface area contributed by atoms with Gasteiger partial charge >= 0.3 is 12.1 Å². The summed E-state index contributed by atoms with van der Waals surface area (Å²) in [6.45, 7) is 0.00188. The summed E-state index contributed by atoms with van der Waals surface area (Å²) < 4.78 is 45.4. The summed E-state index contributed by atoms with van der Waals surface area (Å²) in [5, 5.41) is 8.32. The number of thiazole rings is 1. The van der Waals surface area contributed by atoms with Crippen LogP contribution in [0.1, 0.15) is 27.3 Å². The van der Waals surface area contributed by atoms with Crippen LogP contribution in [-0.2, 0) is 11.3 Å². The number of nitrogens with zero attached hydrogens (tertiary/aromatic N) is 2. The number of fused-ring (bicyclic) bond motifs is 1. The van der Waals surface area contributed by atoms with E-state index >= 15 is 0 Å². The van der Waals surface area contributed by atoms with E-state index in [4.69, 9.17) is 21.7 Å². The third kappa shape index (κ3) is 6.12.